The Balaban J connectivity index is 1.73. The molecule has 164 valence electrons. The second kappa shape index (κ2) is 7.90. The molecule has 1 aliphatic heterocycles. The van der Waals surface area contributed by atoms with Crippen LogP contribution in [0.1, 0.15) is 28.6 Å². The number of fused-ring (bicyclic) bond motifs is 1. The quantitative estimate of drug-likeness (QED) is 0.286. The first kappa shape index (κ1) is 20.4. The summed E-state index contributed by atoms with van der Waals surface area (Å²) in [6.45, 7) is 1.85. The van der Waals surface area contributed by atoms with Crippen molar-refractivity contribution in [1.29, 1.82) is 0 Å². The van der Waals surface area contributed by atoms with E-state index in [4.69, 9.17) is 0 Å². The summed E-state index contributed by atoms with van der Waals surface area (Å²) >= 11 is 0. The molecule has 8 nitrogen and oxygen atoms in total. The summed E-state index contributed by atoms with van der Waals surface area (Å²) in [5.74, 6) is -1.85. The lowest BCUT2D eigenvalue weighted by molar-refractivity contribution is -0.140. The minimum atomic E-state index is -0.897. The third-order valence-electron chi connectivity index (χ3n) is 5.73. The van der Waals surface area contributed by atoms with Crippen LogP contribution >= 0.6 is 0 Å². The van der Waals surface area contributed by atoms with Gasteiger partial charge < -0.3 is 15.1 Å². The minimum Gasteiger partial charge on any atom is -0.508 e. The van der Waals surface area contributed by atoms with Crippen LogP contribution in [0.2, 0.25) is 0 Å². The fraction of sp³-hybridized carbons (Fsp3) is 0.120. The van der Waals surface area contributed by atoms with E-state index in [1.807, 2.05) is 6.07 Å². The van der Waals surface area contributed by atoms with Crippen molar-refractivity contribution in [3.8, 4) is 5.75 Å². The molecule has 0 radical (unpaired) electrons. The van der Waals surface area contributed by atoms with E-state index in [-0.39, 0.29) is 23.6 Å². The minimum absolute atomic E-state index is 0.00884. The maximum Gasteiger partial charge on any atom is 0.295 e. The molecule has 33 heavy (non-hydrogen) atoms. The summed E-state index contributed by atoms with van der Waals surface area (Å²) in [7, 11) is 0. The number of imidazole rings is 1. The first-order valence-electron chi connectivity index (χ1n) is 10.4. The second-order valence-electron chi connectivity index (χ2n) is 7.86. The van der Waals surface area contributed by atoms with E-state index in [1.54, 1.807) is 66.3 Å². The van der Waals surface area contributed by atoms with Crippen molar-refractivity contribution in [2.24, 2.45) is 0 Å². The number of amides is 1. The van der Waals surface area contributed by atoms with Crippen LogP contribution in [0.4, 0.5) is 0 Å². The number of hydrogen-bond acceptors (Lipinski definition) is 6. The zero-order valence-electron chi connectivity index (χ0n) is 17.7. The van der Waals surface area contributed by atoms with Crippen LogP contribution in [0.25, 0.3) is 11.4 Å². The fourth-order valence-corrected chi connectivity index (χ4v) is 4.30. The molecule has 0 bridgehead atoms. The van der Waals surface area contributed by atoms with E-state index in [9.17, 15) is 19.8 Å². The highest BCUT2D eigenvalue weighted by Crippen LogP contribution is 2.41. The molecule has 1 atom stereocenters. The third kappa shape index (κ3) is 3.41. The molecule has 1 fully saturated rings. The highest BCUT2D eigenvalue weighted by molar-refractivity contribution is 6.46. The van der Waals surface area contributed by atoms with Gasteiger partial charge in [0, 0.05) is 25.1 Å². The molecule has 1 unspecified atom stereocenters. The van der Waals surface area contributed by atoms with Gasteiger partial charge >= 0.3 is 0 Å². The number of aromatic hydroxyl groups is 1. The SMILES string of the molecule is Cc1nc2ccccn2c1C(O)=C1C(=O)C(=O)N(Cc2cccnc2)C1c1cccc(O)c1. The predicted molar refractivity (Wildman–Crippen MR) is 120 cm³/mol. The Hall–Kier alpha value is -4.46. The number of ketones is 1. The van der Waals surface area contributed by atoms with Gasteiger partial charge in [-0.15, -0.1) is 0 Å². The molecular weight excluding hydrogens is 420 g/mol. The van der Waals surface area contributed by atoms with E-state index in [0.29, 0.717) is 22.6 Å². The number of aryl methyl sites for hydroxylation is 1. The number of rotatable bonds is 4. The molecule has 0 aliphatic carbocycles. The van der Waals surface area contributed by atoms with Crippen molar-refractivity contribution < 1.29 is 19.8 Å². The standard InChI is InChI=1S/C25H20N4O4/c1-15-21(28-11-3-2-9-19(28)27-15)23(31)20-22(17-7-4-8-18(30)12-17)29(25(33)24(20)32)14-16-6-5-10-26-13-16/h2-13,22,30-31H,14H2,1H3. The van der Waals surface area contributed by atoms with Gasteiger partial charge in [0.1, 0.15) is 17.1 Å². The van der Waals surface area contributed by atoms with Gasteiger partial charge in [-0.05, 0) is 48.4 Å². The Morgan fingerprint density at radius 1 is 1.09 bits per heavy atom. The first-order chi connectivity index (χ1) is 16.0. The molecule has 0 spiro atoms. The maximum absolute atomic E-state index is 13.2. The van der Waals surface area contributed by atoms with Crippen molar-refractivity contribution in [1.82, 2.24) is 19.3 Å². The Labute approximate surface area is 189 Å². The van der Waals surface area contributed by atoms with Crippen LogP contribution in [0.5, 0.6) is 5.75 Å². The summed E-state index contributed by atoms with van der Waals surface area (Å²) in [5.41, 5.74) is 2.65. The van der Waals surface area contributed by atoms with Gasteiger partial charge in [0.05, 0.1) is 17.3 Å². The normalized spacial score (nSPS) is 17.7. The van der Waals surface area contributed by atoms with E-state index in [0.717, 1.165) is 5.56 Å². The molecule has 1 aliphatic rings. The van der Waals surface area contributed by atoms with Gasteiger partial charge in [0.2, 0.25) is 0 Å². The topological polar surface area (TPSA) is 108 Å². The molecule has 1 amide bonds. The molecule has 3 aromatic heterocycles. The van der Waals surface area contributed by atoms with Gasteiger partial charge in [0.15, 0.2) is 5.76 Å². The number of phenols is 1. The number of carbonyl (C=O) groups excluding carboxylic acids is 2. The summed E-state index contributed by atoms with van der Waals surface area (Å²) in [6.07, 6.45) is 4.98. The lowest BCUT2D eigenvalue weighted by Crippen LogP contribution is -2.29. The van der Waals surface area contributed by atoms with Crippen LogP contribution in [-0.4, -0.2) is 41.2 Å². The smallest absolute Gasteiger partial charge is 0.295 e. The van der Waals surface area contributed by atoms with Crippen molar-refractivity contribution in [3.05, 3.63) is 101 Å². The average Bonchev–Trinajstić information content (AvgIpc) is 3.28. The summed E-state index contributed by atoms with van der Waals surface area (Å²) in [6, 6.07) is 14.4. The number of aromatic nitrogens is 3. The van der Waals surface area contributed by atoms with Crippen molar-refractivity contribution in [2.45, 2.75) is 19.5 Å². The number of Topliss-reactive ketones (excluding diaryl/α,β-unsaturated/α-hetero) is 1. The Kier molecular flexibility index (Phi) is 4.90. The lowest BCUT2D eigenvalue weighted by atomic mass is 9.96. The van der Waals surface area contributed by atoms with E-state index in [2.05, 4.69) is 9.97 Å². The number of hydrogen-bond donors (Lipinski definition) is 2. The number of aliphatic hydroxyl groups is 1. The van der Waals surface area contributed by atoms with Crippen LogP contribution in [0.15, 0.2) is 78.8 Å². The van der Waals surface area contributed by atoms with Crippen LogP contribution in [0, 0.1) is 6.92 Å². The number of phenolic OH excluding ortho intramolecular Hbond substituents is 1. The molecule has 2 N–H and O–H groups in total. The molecule has 4 aromatic rings. The van der Waals surface area contributed by atoms with Gasteiger partial charge in [0.25, 0.3) is 11.7 Å². The monoisotopic (exact) mass is 440 g/mol. The number of carbonyl (C=O) groups is 2. The molecule has 5 rings (SSSR count). The maximum atomic E-state index is 13.2. The highest BCUT2D eigenvalue weighted by atomic mass is 16.3. The average molecular weight is 440 g/mol. The fourth-order valence-electron chi connectivity index (χ4n) is 4.30. The molecule has 1 saturated heterocycles. The van der Waals surface area contributed by atoms with Crippen molar-refractivity contribution >= 4 is 23.1 Å². The zero-order valence-corrected chi connectivity index (χ0v) is 17.7. The third-order valence-corrected chi connectivity index (χ3v) is 5.73. The highest BCUT2D eigenvalue weighted by Gasteiger charge is 2.46. The molecule has 0 saturated carbocycles. The van der Waals surface area contributed by atoms with Crippen LogP contribution in [0.3, 0.4) is 0 Å². The van der Waals surface area contributed by atoms with E-state index in [1.165, 1.54) is 17.0 Å². The van der Waals surface area contributed by atoms with Gasteiger partial charge in [-0.2, -0.15) is 0 Å². The summed E-state index contributed by atoms with van der Waals surface area (Å²) in [4.78, 5) is 36.3. The Morgan fingerprint density at radius 3 is 2.70 bits per heavy atom. The number of benzene rings is 1. The number of nitrogens with zero attached hydrogens (tertiary/aromatic N) is 4. The number of aliphatic hydroxyl groups excluding tert-OH is 1. The molecule has 8 heteroatoms. The molecule has 1 aromatic carbocycles. The number of pyridine rings is 2. The van der Waals surface area contributed by atoms with Gasteiger partial charge in [-0.1, -0.05) is 24.3 Å². The molecule has 4 heterocycles. The summed E-state index contributed by atoms with van der Waals surface area (Å²) in [5, 5.41) is 21.5. The predicted octanol–water partition coefficient (Wildman–Crippen LogP) is 3.37. The van der Waals surface area contributed by atoms with Gasteiger partial charge in [-0.25, -0.2) is 4.98 Å². The Bertz CT molecular complexity index is 1420. The first-order valence-corrected chi connectivity index (χ1v) is 10.4. The van der Waals surface area contributed by atoms with Crippen molar-refractivity contribution in [2.75, 3.05) is 0 Å². The second-order valence-corrected chi connectivity index (χ2v) is 7.86. The van der Waals surface area contributed by atoms with Crippen LogP contribution in [-0.2, 0) is 16.1 Å². The summed E-state index contributed by atoms with van der Waals surface area (Å²) < 4.78 is 1.68. The lowest BCUT2D eigenvalue weighted by Gasteiger charge is -2.25. The van der Waals surface area contributed by atoms with Crippen molar-refractivity contribution in [3.63, 3.8) is 0 Å². The van der Waals surface area contributed by atoms with E-state index >= 15 is 0 Å². The zero-order chi connectivity index (χ0) is 23.1. The van der Waals surface area contributed by atoms with Gasteiger partial charge in [-0.3, -0.25) is 19.0 Å². The van der Waals surface area contributed by atoms with E-state index < -0.39 is 17.7 Å². The largest absolute Gasteiger partial charge is 0.508 e. The molecular formula is C25H20N4O4. The Morgan fingerprint density at radius 2 is 1.94 bits per heavy atom. The number of likely N-dealkylation sites (tertiary alicyclic amines) is 1. The van der Waals surface area contributed by atoms with Crippen LogP contribution < -0.4 is 0 Å².